The molecule has 3 atom stereocenters. The second kappa shape index (κ2) is 6.99. The molecule has 112 valence electrons. The van der Waals surface area contributed by atoms with E-state index >= 15 is 0 Å². The third kappa shape index (κ3) is 3.22. The van der Waals surface area contributed by atoms with Crippen LogP contribution in [-0.4, -0.2) is 13.6 Å². The molecule has 0 spiro atoms. The number of halogens is 3. The van der Waals surface area contributed by atoms with Gasteiger partial charge in [-0.1, -0.05) is 19.8 Å². The Morgan fingerprint density at radius 3 is 2.70 bits per heavy atom. The van der Waals surface area contributed by atoms with Gasteiger partial charge in [0.15, 0.2) is 0 Å². The molecule has 0 amide bonds. The van der Waals surface area contributed by atoms with Gasteiger partial charge >= 0.3 is 0 Å². The van der Waals surface area contributed by atoms with Crippen molar-refractivity contribution >= 4 is 15.9 Å². The molecule has 4 heteroatoms. The minimum absolute atomic E-state index is 0.0290. The van der Waals surface area contributed by atoms with Crippen LogP contribution in [0.3, 0.4) is 0 Å². The molecule has 1 saturated carbocycles. The average Bonchev–Trinajstić information content (AvgIpc) is 2.45. The van der Waals surface area contributed by atoms with Crippen LogP contribution >= 0.6 is 15.9 Å². The largest absolute Gasteiger partial charge is 0.319 e. The maximum atomic E-state index is 14.4. The zero-order chi connectivity index (χ0) is 14.7. The maximum absolute atomic E-state index is 14.4. The van der Waals surface area contributed by atoms with Gasteiger partial charge in [0.1, 0.15) is 11.6 Å². The van der Waals surface area contributed by atoms with Crippen molar-refractivity contribution in [2.75, 3.05) is 13.6 Å². The van der Waals surface area contributed by atoms with Crippen LogP contribution in [0.4, 0.5) is 8.78 Å². The van der Waals surface area contributed by atoms with E-state index in [4.69, 9.17) is 0 Å². The Bertz CT molecular complexity index is 464. The number of benzene rings is 1. The van der Waals surface area contributed by atoms with E-state index in [9.17, 15) is 8.78 Å². The Balaban J connectivity index is 2.37. The van der Waals surface area contributed by atoms with Crippen molar-refractivity contribution < 1.29 is 8.78 Å². The lowest BCUT2D eigenvalue weighted by molar-refractivity contribution is 0.221. The fourth-order valence-electron chi connectivity index (χ4n) is 3.43. The zero-order valence-corrected chi connectivity index (χ0v) is 13.6. The lowest BCUT2D eigenvalue weighted by Crippen LogP contribution is -2.31. The molecular formula is C16H22BrF2N. The summed E-state index contributed by atoms with van der Waals surface area (Å²) >= 11 is 3.18. The Hall–Kier alpha value is -0.480. The summed E-state index contributed by atoms with van der Waals surface area (Å²) in [6.45, 7) is 2.97. The van der Waals surface area contributed by atoms with E-state index in [0.29, 0.717) is 16.3 Å². The summed E-state index contributed by atoms with van der Waals surface area (Å²) in [6, 6.07) is 2.82. The molecular weight excluding hydrogens is 324 g/mol. The van der Waals surface area contributed by atoms with Crippen molar-refractivity contribution in [3.8, 4) is 0 Å². The second-order valence-electron chi connectivity index (χ2n) is 5.77. The summed E-state index contributed by atoms with van der Waals surface area (Å²) in [4.78, 5) is 0. The van der Waals surface area contributed by atoms with Gasteiger partial charge in [0, 0.05) is 5.56 Å². The Kier molecular flexibility index (Phi) is 5.56. The molecule has 1 aliphatic carbocycles. The molecule has 1 aromatic carbocycles. The lowest BCUT2D eigenvalue weighted by Gasteiger charge is -2.36. The van der Waals surface area contributed by atoms with Crippen molar-refractivity contribution in [1.29, 1.82) is 0 Å². The number of nitrogens with one attached hydrogen (secondary N) is 1. The van der Waals surface area contributed by atoms with Crippen molar-refractivity contribution in [2.24, 2.45) is 11.8 Å². The molecule has 1 N–H and O–H groups in total. The highest BCUT2D eigenvalue weighted by Crippen LogP contribution is 2.44. The number of hydrogen-bond acceptors (Lipinski definition) is 1. The van der Waals surface area contributed by atoms with Crippen LogP contribution in [0.1, 0.15) is 44.1 Å². The van der Waals surface area contributed by atoms with E-state index in [2.05, 4.69) is 28.2 Å². The normalized spacial score (nSPS) is 26.8. The fourth-order valence-corrected chi connectivity index (χ4v) is 3.78. The van der Waals surface area contributed by atoms with Crippen LogP contribution in [0.25, 0.3) is 0 Å². The minimum Gasteiger partial charge on any atom is -0.319 e. The van der Waals surface area contributed by atoms with Gasteiger partial charge in [-0.25, -0.2) is 8.78 Å². The van der Waals surface area contributed by atoms with E-state index in [1.54, 1.807) is 0 Å². The van der Waals surface area contributed by atoms with Crippen LogP contribution in [-0.2, 0) is 0 Å². The van der Waals surface area contributed by atoms with Gasteiger partial charge in [-0.3, -0.25) is 0 Å². The van der Waals surface area contributed by atoms with Crippen LogP contribution in [0.5, 0.6) is 0 Å². The molecule has 0 aliphatic heterocycles. The van der Waals surface area contributed by atoms with Crippen LogP contribution in [0, 0.1) is 23.5 Å². The van der Waals surface area contributed by atoms with Gasteiger partial charge in [0.2, 0.25) is 0 Å². The summed E-state index contributed by atoms with van der Waals surface area (Å²) in [6.07, 6.45) is 4.17. The summed E-state index contributed by atoms with van der Waals surface area (Å²) < 4.78 is 28.9. The van der Waals surface area contributed by atoms with Gasteiger partial charge in [0.25, 0.3) is 0 Å². The number of hydrogen-bond donors (Lipinski definition) is 1. The molecule has 0 saturated heterocycles. The monoisotopic (exact) mass is 345 g/mol. The second-order valence-corrected chi connectivity index (χ2v) is 6.62. The molecule has 0 heterocycles. The van der Waals surface area contributed by atoms with Gasteiger partial charge in [-0.15, -0.1) is 0 Å². The van der Waals surface area contributed by atoms with E-state index < -0.39 is 11.6 Å². The maximum Gasteiger partial charge on any atom is 0.143 e. The Labute approximate surface area is 128 Å². The van der Waals surface area contributed by atoms with Gasteiger partial charge < -0.3 is 5.32 Å². The van der Waals surface area contributed by atoms with E-state index in [1.165, 1.54) is 12.1 Å². The molecule has 3 unspecified atom stereocenters. The standard InChI is InChI=1S/C16H22BrF2N/c1-3-10-4-5-11(9-20-2)12(8-10)15-14(18)7-6-13(17)16(15)19/h6-7,10-12,20H,3-5,8-9H2,1-2H3. The SMILES string of the molecule is CCC1CCC(CNC)C(c2c(F)ccc(Br)c2F)C1. The van der Waals surface area contributed by atoms with Gasteiger partial charge in [-0.05, 0) is 72.3 Å². The van der Waals surface area contributed by atoms with Gasteiger partial charge in [-0.2, -0.15) is 0 Å². The van der Waals surface area contributed by atoms with Crippen LogP contribution < -0.4 is 5.32 Å². The molecule has 1 aliphatic rings. The first-order valence-corrected chi connectivity index (χ1v) is 8.15. The molecule has 1 aromatic rings. The fraction of sp³-hybridized carbons (Fsp3) is 0.625. The highest BCUT2D eigenvalue weighted by Gasteiger charge is 2.34. The summed E-state index contributed by atoms with van der Waals surface area (Å²) in [5.74, 6) is 0.0204. The van der Waals surface area contributed by atoms with E-state index in [1.807, 2.05) is 7.05 Å². The Morgan fingerprint density at radius 1 is 1.30 bits per heavy atom. The third-order valence-corrected chi connectivity index (χ3v) is 5.21. The topological polar surface area (TPSA) is 12.0 Å². The third-order valence-electron chi connectivity index (χ3n) is 4.60. The highest BCUT2D eigenvalue weighted by atomic mass is 79.9. The van der Waals surface area contributed by atoms with Crippen molar-refractivity contribution in [3.63, 3.8) is 0 Å². The quantitative estimate of drug-likeness (QED) is 0.768. The summed E-state index contributed by atoms with van der Waals surface area (Å²) in [5.41, 5.74) is 0.276. The van der Waals surface area contributed by atoms with E-state index in [-0.39, 0.29) is 11.5 Å². The molecule has 0 aromatic heterocycles. The smallest absolute Gasteiger partial charge is 0.143 e. The highest BCUT2D eigenvalue weighted by molar-refractivity contribution is 9.10. The molecule has 2 rings (SSSR count). The Morgan fingerprint density at radius 2 is 2.05 bits per heavy atom. The van der Waals surface area contributed by atoms with Crippen LogP contribution in [0.15, 0.2) is 16.6 Å². The lowest BCUT2D eigenvalue weighted by atomic mass is 9.70. The molecule has 20 heavy (non-hydrogen) atoms. The molecule has 1 nitrogen and oxygen atoms in total. The number of rotatable bonds is 4. The molecule has 0 bridgehead atoms. The summed E-state index contributed by atoms with van der Waals surface area (Å²) in [7, 11) is 1.90. The first-order valence-electron chi connectivity index (χ1n) is 7.36. The molecule has 1 fully saturated rings. The van der Waals surface area contributed by atoms with Crippen molar-refractivity contribution in [2.45, 2.75) is 38.5 Å². The first-order chi connectivity index (χ1) is 9.58. The van der Waals surface area contributed by atoms with Crippen molar-refractivity contribution in [3.05, 3.63) is 33.8 Å². The molecule has 0 radical (unpaired) electrons. The summed E-state index contributed by atoms with van der Waals surface area (Å²) in [5, 5.41) is 3.17. The predicted octanol–water partition coefficient (Wildman–Crippen LogP) is 4.86. The van der Waals surface area contributed by atoms with Crippen molar-refractivity contribution in [1.82, 2.24) is 5.32 Å². The average molecular weight is 346 g/mol. The first kappa shape index (κ1) is 15.9. The van der Waals surface area contributed by atoms with Gasteiger partial charge in [0.05, 0.1) is 4.47 Å². The van der Waals surface area contributed by atoms with E-state index in [0.717, 1.165) is 32.2 Å². The minimum atomic E-state index is -0.423. The predicted molar refractivity (Wildman–Crippen MR) is 81.8 cm³/mol. The van der Waals surface area contributed by atoms with Crippen LogP contribution in [0.2, 0.25) is 0 Å². The zero-order valence-electron chi connectivity index (χ0n) is 12.1.